The Morgan fingerprint density at radius 3 is 2.36 bits per heavy atom. The molecule has 0 bridgehead atoms. The summed E-state index contributed by atoms with van der Waals surface area (Å²) in [4.78, 5) is 0. The molecule has 1 aromatic heterocycles. The molecule has 4 nitrogen and oxygen atoms in total. The molecule has 0 atom stereocenters. The van der Waals surface area contributed by atoms with Gasteiger partial charge in [0.25, 0.3) is 0 Å². The molecule has 0 aliphatic carbocycles. The lowest BCUT2D eigenvalue weighted by atomic mass is 10.1. The normalized spacial score (nSPS) is 10.8. The van der Waals surface area contributed by atoms with E-state index in [-0.39, 0.29) is 5.56 Å². The van der Waals surface area contributed by atoms with E-state index in [0.717, 1.165) is 5.69 Å². The lowest BCUT2D eigenvalue weighted by Crippen LogP contribution is -1.87. The van der Waals surface area contributed by atoms with E-state index in [9.17, 15) is 5.26 Å². The first-order valence-corrected chi connectivity index (χ1v) is 8.26. The van der Waals surface area contributed by atoms with Gasteiger partial charge in [-0.2, -0.15) is 5.26 Å². The van der Waals surface area contributed by atoms with Crippen molar-refractivity contribution in [2.24, 2.45) is 0 Å². The Morgan fingerprint density at radius 2 is 1.72 bits per heavy atom. The number of hydrogen-bond donors (Lipinski definition) is 1. The van der Waals surface area contributed by atoms with Crippen LogP contribution >= 0.6 is 34.8 Å². The van der Waals surface area contributed by atoms with Gasteiger partial charge >= 0.3 is 0 Å². The zero-order chi connectivity index (χ0) is 17.8. The lowest BCUT2D eigenvalue weighted by Gasteiger charge is -2.02. The van der Waals surface area contributed by atoms with Crippen LogP contribution in [0.25, 0.3) is 17.3 Å². The molecule has 0 amide bonds. The van der Waals surface area contributed by atoms with Gasteiger partial charge in [0.05, 0.1) is 10.0 Å². The number of benzene rings is 2. The van der Waals surface area contributed by atoms with Gasteiger partial charge in [-0.1, -0.05) is 46.0 Å². The molecule has 1 heterocycles. The number of hydrogen-bond acceptors (Lipinski definition) is 4. The fraction of sp³-hybridized carbons (Fsp3) is 0. The average Bonchev–Trinajstić information content (AvgIpc) is 2.99. The molecule has 1 N–H and O–H groups in total. The predicted octanol–water partition coefficient (Wildman–Crippen LogP) is 6.26. The number of nitrogens with zero attached hydrogens (tertiary/aromatic N) is 2. The molecule has 3 aromatic rings. The second kappa shape index (κ2) is 7.62. The summed E-state index contributed by atoms with van der Waals surface area (Å²) in [5.41, 5.74) is 1.87. The minimum Gasteiger partial charge on any atom is -0.362 e. The fourth-order valence-corrected chi connectivity index (χ4v) is 2.88. The maximum atomic E-state index is 9.47. The third kappa shape index (κ3) is 3.80. The number of rotatable bonds is 4. The van der Waals surface area contributed by atoms with Crippen LogP contribution in [0, 0.1) is 11.3 Å². The Hall–Kier alpha value is -2.45. The highest BCUT2D eigenvalue weighted by atomic mass is 35.5. The summed E-state index contributed by atoms with van der Waals surface area (Å²) in [5.74, 6) is 0.301. The predicted molar refractivity (Wildman–Crippen MR) is 101 cm³/mol. The van der Waals surface area contributed by atoms with Crippen LogP contribution in [-0.2, 0) is 0 Å². The van der Waals surface area contributed by atoms with Crippen molar-refractivity contribution in [2.75, 3.05) is 5.32 Å². The molecule has 124 valence electrons. The van der Waals surface area contributed by atoms with Gasteiger partial charge in [0.2, 0.25) is 0 Å². The molecule has 7 heteroatoms. The van der Waals surface area contributed by atoms with Gasteiger partial charge in [0.15, 0.2) is 5.76 Å². The van der Waals surface area contributed by atoms with E-state index in [1.807, 2.05) is 12.1 Å². The maximum absolute atomic E-state index is 9.47. The summed E-state index contributed by atoms with van der Waals surface area (Å²) in [7, 11) is 0. The minimum atomic E-state index is 0.254. The zero-order valence-corrected chi connectivity index (χ0v) is 14.9. The van der Waals surface area contributed by atoms with Crippen LogP contribution < -0.4 is 5.32 Å². The highest BCUT2D eigenvalue weighted by Gasteiger charge is 2.20. The van der Waals surface area contributed by atoms with E-state index in [1.165, 1.54) is 0 Å². The Bertz CT molecular complexity index is 952. The zero-order valence-electron chi connectivity index (χ0n) is 12.6. The fourth-order valence-electron chi connectivity index (χ4n) is 2.18. The Kier molecular flexibility index (Phi) is 5.30. The van der Waals surface area contributed by atoms with Crippen molar-refractivity contribution in [2.45, 2.75) is 0 Å². The maximum Gasteiger partial charge on any atom is 0.179 e. The van der Waals surface area contributed by atoms with Crippen LogP contribution in [0.5, 0.6) is 0 Å². The van der Waals surface area contributed by atoms with Crippen LogP contribution in [0.15, 0.2) is 53.2 Å². The van der Waals surface area contributed by atoms with Gasteiger partial charge in [-0.15, -0.1) is 0 Å². The molecule has 0 saturated carbocycles. The molecule has 0 radical (unpaired) electrons. The summed E-state index contributed by atoms with van der Waals surface area (Å²) in [6, 6.07) is 14.3. The highest BCUT2D eigenvalue weighted by Crippen LogP contribution is 2.36. The van der Waals surface area contributed by atoms with Crippen molar-refractivity contribution >= 4 is 46.6 Å². The number of halogens is 3. The Labute approximate surface area is 159 Å². The molecule has 0 aliphatic heterocycles. The number of nitrogens with one attached hydrogen (secondary N) is 1. The van der Waals surface area contributed by atoms with Crippen molar-refractivity contribution < 1.29 is 4.52 Å². The summed E-state index contributed by atoms with van der Waals surface area (Å²) in [5, 5.41) is 17.9. The molecule has 0 unspecified atom stereocenters. The SMILES string of the molecule is N#Cc1c(-c2c(Cl)cccc2Cl)noc1/C=C/Nc1ccc(Cl)cc1. The van der Waals surface area contributed by atoms with E-state index in [2.05, 4.69) is 16.5 Å². The summed E-state index contributed by atoms with van der Waals surface area (Å²) in [6.45, 7) is 0. The molecule has 0 fully saturated rings. The second-order valence-corrected chi connectivity index (χ2v) is 6.21. The first-order valence-electron chi connectivity index (χ1n) is 7.13. The third-order valence-electron chi connectivity index (χ3n) is 3.36. The van der Waals surface area contributed by atoms with E-state index < -0.39 is 0 Å². The van der Waals surface area contributed by atoms with Crippen molar-refractivity contribution in [3.8, 4) is 17.3 Å². The molecular weight excluding hydrogens is 381 g/mol. The standard InChI is InChI=1S/C18H10Cl3N3O/c19-11-4-6-12(7-5-11)23-9-8-16-13(10-22)18(24-25-16)17-14(20)2-1-3-15(17)21/h1-9,23H/b9-8+. The minimum absolute atomic E-state index is 0.254. The number of nitriles is 1. The van der Waals surface area contributed by atoms with E-state index in [4.69, 9.17) is 39.3 Å². The van der Waals surface area contributed by atoms with Crippen molar-refractivity contribution in [1.82, 2.24) is 5.16 Å². The van der Waals surface area contributed by atoms with Crippen LogP contribution in [0.3, 0.4) is 0 Å². The van der Waals surface area contributed by atoms with Crippen molar-refractivity contribution in [3.63, 3.8) is 0 Å². The third-order valence-corrected chi connectivity index (χ3v) is 4.24. The van der Waals surface area contributed by atoms with Crippen LogP contribution in [0.1, 0.15) is 11.3 Å². The van der Waals surface area contributed by atoms with Crippen LogP contribution in [0.2, 0.25) is 15.1 Å². The van der Waals surface area contributed by atoms with Gasteiger partial charge < -0.3 is 9.84 Å². The van der Waals surface area contributed by atoms with E-state index in [0.29, 0.717) is 32.1 Å². The summed E-state index contributed by atoms with van der Waals surface area (Å²) < 4.78 is 5.27. The highest BCUT2D eigenvalue weighted by molar-refractivity contribution is 6.39. The molecule has 0 spiro atoms. The smallest absolute Gasteiger partial charge is 0.179 e. The average molecular weight is 391 g/mol. The molecule has 2 aromatic carbocycles. The largest absolute Gasteiger partial charge is 0.362 e. The second-order valence-electron chi connectivity index (χ2n) is 4.96. The van der Waals surface area contributed by atoms with Gasteiger partial charge in [0, 0.05) is 28.5 Å². The Balaban J connectivity index is 1.89. The quantitative estimate of drug-likeness (QED) is 0.571. The van der Waals surface area contributed by atoms with Gasteiger partial charge in [-0.25, -0.2) is 0 Å². The number of aromatic nitrogens is 1. The molecular formula is C18H10Cl3N3O. The van der Waals surface area contributed by atoms with Gasteiger partial charge in [-0.05, 0) is 36.4 Å². The number of anilines is 1. The van der Waals surface area contributed by atoms with Crippen LogP contribution in [-0.4, -0.2) is 5.16 Å². The molecule has 0 aliphatic rings. The van der Waals surface area contributed by atoms with Crippen molar-refractivity contribution in [3.05, 3.63) is 75.1 Å². The first-order chi connectivity index (χ1) is 12.1. The lowest BCUT2D eigenvalue weighted by molar-refractivity contribution is 0.415. The molecule has 3 rings (SSSR count). The van der Waals surface area contributed by atoms with E-state index in [1.54, 1.807) is 42.6 Å². The topological polar surface area (TPSA) is 61.9 Å². The summed E-state index contributed by atoms with van der Waals surface area (Å²) in [6.07, 6.45) is 3.25. The van der Waals surface area contributed by atoms with Gasteiger partial charge in [0.1, 0.15) is 17.3 Å². The molecule has 25 heavy (non-hydrogen) atoms. The van der Waals surface area contributed by atoms with E-state index >= 15 is 0 Å². The summed E-state index contributed by atoms with van der Waals surface area (Å²) >= 11 is 18.2. The monoisotopic (exact) mass is 389 g/mol. The van der Waals surface area contributed by atoms with Crippen molar-refractivity contribution in [1.29, 1.82) is 5.26 Å². The van der Waals surface area contributed by atoms with Gasteiger partial charge in [-0.3, -0.25) is 0 Å². The first kappa shape index (κ1) is 17.4. The molecule has 0 saturated heterocycles. The Morgan fingerprint density at radius 1 is 1.04 bits per heavy atom. The van der Waals surface area contributed by atoms with Crippen LogP contribution in [0.4, 0.5) is 5.69 Å².